The lowest BCUT2D eigenvalue weighted by Crippen LogP contribution is -2.45. The van der Waals surface area contributed by atoms with Crippen molar-refractivity contribution in [3.05, 3.63) is 23.9 Å². The molecule has 1 fully saturated rings. The molecule has 0 bridgehead atoms. The second-order valence-electron chi connectivity index (χ2n) is 10.5. The van der Waals surface area contributed by atoms with Crippen molar-refractivity contribution >= 4 is 31.6 Å². The van der Waals surface area contributed by atoms with Crippen molar-refractivity contribution in [2.24, 2.45) is 21.5 Å². The van der Waals surface area contributed by atoms with Crippen LogP contribution in [0.5, 0.6) is 0 Å². The van der Waals surface area contributed by atoms with E-state index in [4.69, 9.17) is 25.7 Å². The maximum absolute atomic E-state index is 14.1. The Kier molecular flexibility index (Phi) is 13.3. The van der Waals surface area contributed by atoms with E-state index in [1.165, 1.54) is 0 Å². The van der Waals surface area contributed by atoms with Gasteiger partial charge in [-0.05, 0) is 53.4 Å². The fourth-order valence-corrected chi connectivity index (χ4v) is 5.91. The number of carbonyl (C=O) groups excluding carboxylic acids is 2. The molecule has 0 amide bonds. The summed E-state index contributed by atoms with van der Waals surface area (Å²) in [6, 6.07) is -1.44. The summed E-state index contributed by atoms with van der Waals surface area (Å²) < 4.78 is 30.6. The first kappa shape index (κ1) is 34.3. The summed E-state index contributed by atoms with van der Waals surface area (Å²) in [5.74, 6) is -0.201. The van der Waals surface area contributed by atoms with Crippen molar-refractivity contribution in [2.45, 2.75) is 97.6 Å². The van der Waals surface area contributed by atoms with E-state index in [2.05, 4.69) is 32.1 Å². The van der Waals surface area contributed by atoms with Crippen molar-refractivity contribution in [2.75, 3.05) is 19.5 Å². The summed E-state index contributed by atoms with van der Waals surface area (Å²) in [6.45, 7) is 14.5. The van der Waals surface area contributed by atoms with E-state index < -0.39 is 31.5 Å². The van der Waals surface area contributed by atoms with E-state index in [0.29, 0.717) is 36.2 Å². The van der Waals surface area contributed by atoms with Crippen LogP contribution in [0.1, 0.15) is 67.2 Å². The van der Waals surface area contributed by atoms with E-state index in [-0.39, 0.29) is 37.5 Å². The van der Waals surface area contributed by atoms with Crippen LogP contribution >= 0.6 is 7.44 Å². The molecule has 1 aliphatic carbocycles. The zero-order valence-corrected chi connectivity index (χ0v) is 25.9. The van der Waals surface area contributed by atoms with Gasteiger partial charge in [0.05, 0.1) is 25.2 Å². The van der Waals surface area contributed by atoms with Crippen LogP contribution in [0.25, 0.3) is 0 Å². The van der Waals surface area contributed by atoms with Crippen molar-refractivity contribution in [1.29, 1.82) is 0 Å². The molecule has 15 heteroatoms. The fourth-order valence-electron chi connectivity index (χ4n) is 3.72. The van der Waals surface area contributed by atoms with Gasteiger partial charge in [-0.25, -0.2) is 20.2 Å². The molecule has 0 spiro atoms. The Morgan fingerprint density at radius 3 is 2.07 bits per heavy atom. The van der Waals surface area contributed by atoms with Crippen LogP contribution in [0.2, 0.25) is 0 Å². The molecule has 2 unspecified atom stereocenters. The number of hydrogen-bond acceptors (Lipinski definition) is 11. The molecule has 0 radical (unpaired) electrons. The van der Waals surface area contributed by atoms with Crippen molar-refractivity contribution in [1.82, 2.24) is 20.4 Å². The molecule has 2 atom stereocenters. The average Bonchev–Trinajstić information content (AvgIpc) is 3.61. The summed E-state index contributed by atoms with van der Waals surface area (Å²) >= 11 is 0. The summed E-state index contributed by atoms with van der Waals surface area (Å²) in [7, 11) is -3.67. The molecule has 7 N–H and O–H groups in total. The van der Waals surface area contributed by atoms with Gasteiger partial charge < -0.3 is 35.9 Å². The van der Waals surface area contributed by atoms with E-state index >= 15 is 0 Å². The summed E-state index contributed by atoms with van der Waals surface area (Å²) in [4.78, 5) is 35.6. The molecular formula is C26H47N8O6P. The zero-order chi connectivity index (χ0) is 30.7. The second kappa shape index (κ2) is 15.9. The van der Waals surface area contributed by atoms with E-state index in [0.717, 1.165) is 12.8 Å². The molecule has 1 aliphatic heterocycles. The molecule has 2 rings (SSSR count). The van der Waals surface area contributed by atoms with Crippen LogP contribution in [0.3, 0.4) is 0 Å². The average molecular weight is 599 g/mol. The molecule has 2 aliphatic rings. The highest BCUT2D eigenvalue weighted by molar-refractivity contribution is 7.59. The van der Waals surface area contributed by atoms with E-state index in [1.54, 1.807) is 52.8 Å². The molecule has 41 heavy (non-hydrogen) atoms. The number of nitrogens with one attached hydrogen (secondary N) is 3. The maximum Gasteiger partial charge on any atom is 0.323 e. The highest BCUT2D eigenvalue weighted by atomic mass is 31.2. The second-order valence-corrected chi connectivity index (χ2v) is 12.7. The lowest BCUT2D eigenvalue weighted by molar-refractivity contribution is -0.150. The number of nitrogens with zero attached hydrogens (tertiary/aromatic N) is 3. The van der Waals surface area contributed by atoms with Gasteiger partial charge in [0.25, 0.3) is 0 Å². The Hall–Kier alpha value is -2.93. The van der Waals surface area contributed by atoms with Gasteiger partial charge in [0.1, 0.15) is 35.8 Å². The van der Waals surface area contributed by atoms with Crippen LogP contribution in [-0.4, -0.2) is 78.8 Å². The quantitative estimate of drug-likeness (QED) is 0.0874. The Morgan fingerprint density at radius 2 is 1.63 bits per heavy atom. The van der Waals surface area contributed by atoms with Crippen LogP contribution in [-0.2, 0) is 28.4 Å². The number of aliphatic imine (C=N–C) groups is 2. The SMILES string of the molecule is C=C(N)/N=C1\C(=C(/N)NC2CC2)N=CN1CCOCP(=O)(NC(CC)C(=O)OC(C)C)NC(CC)C(=O)OC(C)C. The highest BCUT2D eigenvalue weighted by Crippen LogP contribution is 2.38. The van der Waals surface area contributed by atoms with E-state index in [1.807, 2.05) is 0 Å². The topological polar surface area (TPSA) is 195 Å². The molecule has 14 nitrogen and oxygen atoms in total. The number of nitrogens with two attached hydrogens (primary N) is 2. The Bertz CT molecular complexity index is 1040. The predicted molar refractivity (Wildman–Crippen MR) is 159 cm³/mol. The standard InChI is InChI=1S/C26H47N8O6P/c1-8-20(25(35)39-16(3)4)32-41(37,33-21(9-2)26(36)40-17(5)6)15-38-13-12-34-14-29-22(24(34)30-18(7)27)23(28)31-19-10-11-19/h14,16-17,19-21,31H,7-13,15,27-28H2,1-6H3,(H2,32,33,37)/b23-22-,30-24+. The number of hydrogen-bond donors (Lipinski definition) is 5. The smallest absolute Gasteiger partial charge is 0.323 e. The Morgan fingerprint density at radius 1 is 1.10 bits per heavy atom. The first-order valence-corrected chi connectivity index (χ1v) is 15.9. The van der Waals surface area contributed by atoms with Gasteiger partial charge in [0.2, 0.25) is 7.44 Å². The number of ether oxygens (including phenoxy) is 3. The molecule has 0 aromatic carbocycles. The van der Waals surface area contributed by atoms with Crippen LogP contribution in [0.15, 0.2) is 33.9 Å². The normalized spacial score (nSPS) is 20.2. The minimum absolute atomic E-state index is 0.0869. The number of esters is 2. The first-order chi connectivity index (χ1) is 19.3. The molecule has 0 aromatic heterocycles. The van der Waals surface area contributed by atoms with Gasteiger partial charge in [-0.3, -0.25) is 14.2 Å². The number of amidine groups is 1. The highest BCUT2D eigenvalue weighted by Gasteiger charge is 2.35. The minimum atomic E-state index is -3.67. The summed E-state index contributed by atoms with van der Waals surface area (Å²) in [6.07, 6.45) is 3.24. The molecule has 232 valence electrons. The van der Waals surface area contributed by atoms with Crippen LogP contribution < -0.4 is 27.0 Å². The van der Waals surface area contributed by atoms with Gasteiger partial charge in [0, 0.05) is 12.6 Å². The maximum atomic E-state index is 14.1. The third-order valence-corrected chi connectivity index (χ3v) is 7.82. The Labute approximate surface area is 242 Å². The molecular weight excluding hydrogens is 551 g/mol. The molecule has 1 saturated carbocycles. The van der Waals surface area contributed by atoms with Gasteiger partial charge in [-0.1, -0.05) is 20.4 Å². The predicted octanol–water partition coefficient (Wildman–Crippen LogP) is 1.85. The van der Waals surface area contributed by atoms with Crippen LogP contribution in [0.4, 0.5) is 0 Å². The van der Waals surface area contributed by atoms with Gasteiger partial charge in [-0.15, -0.1) is 0 Å². The molecule has 0 saturated heterocycles. The largest absolute Gasteiger partial charge is 0.462 e. The van der Waals surface area contributed by atoms with Crippen molar-refractivity contribution in [3.8, 4) is 0 Å². The minimum Gasteiger partial charge on any atom is -0.462 e. The lowest BCUT2D eigenvalue weighted by atomic mass is 10.2. The lowest BCUT2D eigenvalue weighted by Gasteiger charge is -2.29. The van der Waals surface area contributed by atoms with Crippen molar-refractivity contribution < 1.29 is 28.4 Å². The van der Waals surface area contributed by atoms with Crippen LogP contribution in [0, 0.1) is 0 Å². The fraction of sp³-hybridized carbons (Fsp3) is 0.692. The van der Waals surface area contributed by atoms with Crippen molar-refractivity contribution in [3.63, 3.8) is 0 Å². The summed E-state index contributed by atoms with van der Waals surface area (Å²) in [5.41, 5.74) is 12.4. The van der Waals surface area contributed by atoms with Gasteiger partial charge >= 0.3 is 11.9 Å². The van der Waals surface area contributed by atoms with Gasteiger partial charge in [-0.2, -0.15) is 0 Å². The zero-order valence-electron chi connectivity index (χ0n) is 25.0. The monoisotopic (exact) mass is 598 g/mol. The third-order valence-electron chi connectivity index (χ3n) is 5.82. The number of rotatable bonds is 18. The Balaban J connectivity index is 2.14. The molecule has 0 aromatic rings. The number of carbonyl (C=O) groups is 2. The van der Waals surface area contributed by atoms with E-state index in [9.17, 15) is 14.2 Å². The summed E-state index contributed by atoms with van der Waals surface area (Å²) in [5, 5.41) is 8.96. The van der Waals surface area contributed by atoms with Gasteiger partial charge in [0.15, 0.2) is 5.84 Å². The third kappa shape index (κ3) is 11.5. The first-order valence-electron chi connectivity index (χ1n) is 14.0. The molecule has 1 heterocycles.